The number of amides is 2. The molecule has 1 fully saturated rings. The van der Waals surface area contributed by atoms with Crippen LogP contribution >= 0.6 is 0 Å². The SMILES string of the molecule is C[C@@H](NC(=O)C1CCC(CNS(=O)(=O)c2ccccc2)CC1)C(=O)Nc1ccc2c(c1)OCO2. The van der Waals surface area contributed by atoms with E-state index in [1.54, 1.807) is 55.5 Å². The maximum Gasteiger partial charge on any atom is 0.246 e. The zero-order valence-electron chi connectivity index (χ0n) is 19.0. The molecule has 9 nitrogen and oxygen atoms in total. The summed E-state index contributed by atoms with van der Waals surface area (Å²) in [5, 5.41) is 5.57. The van der Waals surface area contributed by atoms with Crippen molar-refractivity contribution < 1.29 is 27.5 Å². The van der Waals surface area contributed by atoms with Gasteiger partial charge in [0.25, 0.3) is 0 Å². The summed E-state index contributed by atoms with van der Waals surface area (Å²) in [5.41, 5.74) is 0.564. The van der Waals surface area contributed by atoms with Gasteiger partial charge in [-0.05, 0) is 62.8 Å². The van der Waals surface area contributed by atoms with Crippen molar-refractivity contribution in [1.29, 1.82) is 0 Å². The van der Waals surface area contributed by atoms with Crippen molar-refractivity contribution in [1.82, 2.24) is 10.0 Å². The predicted molar refractivity (Wildman–Crippen MR) is 126 cm³/mol. The van der Waals surface area contributed by atoms with Gasteiger partial charge in [-0.25, -0.2) is 13.1 Å². The molecule has 2 aliphatic rings. The van der Waals surface area contributed by atoms with E-state index >= 15 is 0 Å². The van der Waals surface area contributed by atoms with Gasteiger partial charge in [-0.2, -0.15) is 0 Å². The Morgan fingerprint density at radius 3 is 2.44 bits per heavy atom. The smallest absolute Gasteiger partial charge is 0.246 e. The van der Waals surface area contributed by atoms with Gasteiger partial charge in [-0.15, -0.1) is 0 Å². The molecule has 2 amide bonds. The van der Waals surface area contributed by atoms with Crippen LogP contribution in [-0.2, 0) is 19.6 Å². The van der Waals surface area contributed by atoms with Crippen LogP contribution < -0.4 is 24.8 Å². The lowest BCUT2D eigenvalue weighted by Gasteiger charge is -2.28. The van der Waals surface area contributed by atoms with E-state index < -0.39 is 16.1 Å². The minimum absolute atomic E-state index is 0.153. The van der Waals surface area contributed by atoms with E-state index in [1.807, 2.05) is 0 Å². The lowest BCUT2D eigenvalue weighted by atomic mass is 9.81. The molecule has 1 aliphatic heterocycles. The normalized spacial score (nSPS) is 20.4. The number of ether oxygens (including phenoxy) is 2. The standard InChI is InChI=1S/C24H29N3O6S/c1-16(23(28)27-19-11-12-21-22(13-19)33-15-32-21)26-24(29)18-9-7-17(8-10-18)14-25-34(30,31)20-5-3-2-4-6-20/h2-6,11-13,16-18,25H,7-10,14-15H2,1H3,(H,26,29)(H,27,28)/t16-,17?,18?/m1/s1. The van der Waals surface area contributed by atoms with Crippen LogP contribution in [0.1, 0.15) is 32.6 Å². The highest BCUT2D eigenvalue weighted by atomic mass is 32.2. The van der Waals surface area contributed by atoms with Gasteiger partial charge in [-0.3, -0.25) is 9.59 Å². The van der Waals surface area contributed by atoms with E-state index in [9.17, 15) is 18.0 Å². The molecule has 0 unspecified atom stereocenters. The first kappa shape index (κ1) is 24.0. The molecule has 2 aromatic rings. The molecule has 3 N–H and O–H groups in total. The van der Waals surface area contributed by atoms with Crippen molar-refractivity contribution in [2.45, 2.75) is 43.5 Å². The highest BCUT2D eigenvalue weighted by Gasteiger charge is 2.29. The summed E-state index contributed by atoms with van der Waals surface area (Å²) >= 11 is 0. The van der Waals surface area contributed by atoms with Gasteiger partial charge in [0, 0.05) is 24.2 Å². The van der Waals surface area contributed by atoms with E-state index in [0.29, 0.717) is 36.6 Å². The molecule has 0 saturated heterocycles. The zero-order valence-corrected chi connectivity index (χ0v) is 19.8. The second kappa shape index (κ2) is 10.4. The molecule has 0 bridgehead atoms. The summed E-state index contributed by atoms with van der Waals surface area (Å²) in [5.74, 6) is 0.699. The molecule has 0 spiro atoms. The highest BCUT2D eigenvalue weighted by Crippen LogP contribution is 2.34. The number of carbonyl (C=O) groups excluding carboxylic acids is 2. The number of fused-ring (bicyclic) bond motifs is 1. The van der Waals surface area contributed by atoms with E-state index in [2.05, 4.69) is 15.4 Å². The average molecular weight is 488 g/mol. The number of anilines is 1. The van der Waals surface area contributed by atoms with Gasteiger partial charge in [0.1, 0.15) is 6.04 Å². The Morgan fingerprint density at radius 1 is 1.00 bits per heavy atom. The molecule has 1 saturated carbocycles. The Bertz CT molecular complexity index is 1130. The number of hydrogen-bond donors (Lipinski definition) is 3. The Labute approximate surface area is 199 Å². The number of sulfonamides is 1. The molecule has 2 aromatic carbocycles. The van der Waals surface area contributed by atoms with Gasteiger partial charge in [0.2, 0.25) is 28.6 Å². The van der Waals surface area contributed by atoms with Crippen molar-refractivity contribution in [2.24, 2.45) is 11.8 Å². The maximum absolute atomic E-state index is 12.7. The van der Waals surface area contributed by atoms with E-state index in [-0.39, 0.29) is 35.3 Å². The van der Waals surface area contributed by atoms with Gasteiger partial charge in [-0.1, -0.05) is 18.2 Å². The molecule has 4 rings (SSSR count). The summed E-state index contributed by atoms with van der Waals surface area (Å²) in [6.07, 6.45) is 2.79. The fourth-order valence-electron chi connectivity index (χ4n) is 4.16. The third-order valence-corrected chi connectivity index (χ3v) is 7.66. The Hall–Kier alpha value is -3.11. The minimum atomic E-state index is -3.53. The Kier molecular flexibility index (Phi) is 7.38. The summed E-state index contributed by atoms with van der Waals surface area (Å²) in [6, 6.07) is 12.7. The summed E-state index contributed by atoms with van der Waals surface area (Å²) in [7, 11) is -3.53. The molecule has 182 valence electrons. The summed E-state index contributed by atoms with van der Waals surface area (Å²) < 4.78 is 38.0. The fourth-order valence-corrected chi connectivity index (χ4v) is 5.30. The zero-order chi connectivity index (χ0) is 24.1. The second-order valence-electron chi connectivity index (χ2n) is 8.67. The second-order valence-corrected chi connectivity index (χ2v) is 10.4. The van der Waals surface area contributed by atoms with Crippen LogP contribution in [0, 0.1) is 11.8 Å². The summed E-state index contributed by atoms with van der Waals surface area (Å²) in [6.45, 7) is 2.14. The van der Waals surface area contributed by atoms with Crippen LogP contribution in [0.5, 0.6) is 11.5 Å². The van der Waals surface area contributed by atoms with Crippen molar-refractivity contribution in [2.75, 3.05) is 18.7 Å². The van der Waals surface area contributed by atoms with Gasteiger partial charge >= 0.3 is 0 Å². The molecule has 34 heavy (non-hydrogen) atoms. The van der Waals surface area contributed by atoms with Crippen molar-refractivity contribution in [3.8, 4) is 11.5 Å². The highest BCUT2D eigenvalue weighted by molar-refractivity contribution is 7.89. The predicted octanol–water partition coefficient (Wildman–Crippen LogP) is 2.64. The van der Waals surface area contributed by atoms with Crippen LogP contribution in [0.15, 0.2) is 53.4 Å². The number of hydrogen-bond acceptors (Lipinski definition) is 6. The van der Waals surface area contributed by atoms with Gasteiger partial charge in [0.15, 0.2) is 11.5 Å². The molecule has 0 aromatic heterocycles. The molecule has 1 heterocycles. The first-order valence-corrected chi connectivity index (χ1v) is 12.9. The molecule has 10 heteroatoms. The van der Waals surface area contributed by atoms with Crippen LogP contribution in [0.25, 0.3) is 0 Å². The average Bonchev–Trinajstić information content (AvgIpc) is 3.31. The van der Waals surface area contributed by atoms with Crippen LogP contribution in [0.2, 0.25) is 0 Å². The first-order chi connectivity index (χ1) is 16.3. The number of benzene rings is 2. The van der Waals surface area contributed by atoms with Crippen molar-refractivity contribution in [3.63, 3.8) is 0 Å². The summed E-state index contributed by atoms with van der Waals surface area (Å²) in [4.78, 5) is 25.5. The van der Waals surface area contributed by atoms with E-state index in [4.69, 9.17) is 9.47 Å². The van der Waals surface area contributed by atoms with Crippen LogP contribution in [0.3, 0.4) is 0 Å². The maximum atomic E-state index is 12.7. The largest absolute Gasteiger partial charge is 0.454 e. The van der Waals surface area contributed by atoms with Crippen molar-refractivity contribution in [3.05, 3.63) is 48.5 Å². The van der Waals surface area contributed by atoms with Gasteiger partial charge < -0.3 is 20.1 Å². The first-order valence-electron chi connectivity index (χ1n) is 11.4. The van der Waals surface area contributed by atoms with Crippen molar-refractivity contribution >= 4 is 27.5 Å². The van der Waals surface area contributed by atoms with Crippen LogP contribution in [0.4, 0.5) is 5.69 Å². The number of nitrogens with one attached hydrogen (secondary N) is 3. The molecule has 1 atom stereocenters. The number of carbonyl (C=O) groups is 2. The quantitative estimate of drug-likeness (QED) is 0.526. The number of rotatable bonds is 8. The minimum Gasteiger partial charge on any atom is -0.454 e. The molecule has 1 aliphatic carbocycles. The third-order valence-electron chi connectivity index (χ3n) is 6.23. The monoisotopic (exact) mass is 487 g/mol. The third kappa shape index (κ3) is 5.87. The molecular formula is C24H29N3O6S. The lowest BCUT2D eigenvalue weighted by molar-refractivity contribution is -0.129. The lowest BCUT2D eigenvalue weighted by Crippen LogP contribution is -2.45. The topological polar surface area (TPSA) is 123 Å². The fraction of sp³-hybridized carbons (Fsp3) is 0.417. The Balaban J connectivity index is 1.20. The molecule has 0 radical (unpaired) electrons. The van der Waals surface area contributed by atoms with Gasteiger partial charge in [0.05, 0.1) is 4.90 Å². The van der Waals surface area contributed by atoms with E-state index in [1.165, 1.54) is 0 Å². The Morgan fingerprint density at radius 2 is 1.71 bits per heavy atom. The molecular weight excluding hydrogens is 458 g/mol. The van der Waals surface area contributed by atoms with E-state index in [0.717, 1.165) is 12.8 Å². The van der Waals surface area contributed by atoms with Crippen LogP contribution in [-0.4, -0.2) is 39.6 Å².